The number of nitrogens with zero attached hydrogens (tertiary/aromatic N) is 2. The molecule has 0 spiro atoms. The molecule has 1 atom stereocenters. The van der Waals surface area contributed by atoms with Crippen molar-refractivity contribution in [1.82, 2.24) is 15.1 Å². The second-order valence-electron chi connectivity index (χ2n) is 4.66. The Morgan fingerprint density at radius 2 is 2.21 bits per heavy atom. The summed E-state index contributed by atoms with van der Waals surface area (Å²) in [5, 5.41) is 7.70. The highest BCUT2D eigenvalue weighted by molar-refractivity contribution is 5.28. The van der Waals surface area contributed by atoms with Crippen LogP contribution in [0.5, 0.6) is 5.75 Å². The van der Waals surface area contributed by atoms with Crippen molar-refractivity contribution in [1.29, 1.82) is 0 Å². The molecular weight excluding hydrogens is 238 g/mol. The highest BCUT2D eigenvalue weighted by atomic mass is 16.5. The lowest BCUT2D eigenvalue weighted by atomic mass is 10.1. The van der Waals surface area contributed by atoms with E-state index in [9.17, 15) is 0 Å². The molecule has 102 valence electrons. The second-order valence-corrected chi connectivity index (χ2v) is 4.66. The Morgan fingerprint density at radius 1 is 1.37 bits per heavy atom. The Morgan fingerprint density at radius 3 is 2.89 bits per heavy atom. The van der Waals surface area contributed by atoms with Gasteiger partial charge in [-0.3, -0.25) is 4.68 Å². The number of aromatic nitrogens is 2. The third-order valence-corrected chi connectivity index (χ3v) is 3.30. The van der Waals surface area contributed by atoms with Crippen LogP contribution in [-0.2, 0) is 13.5 Å². The number of nitrogens with one attached hydrogen (secondary N) is 1. The smallest absolute Gasteiger partial charge is 0.119 e. The molecule has 2 rings (SSSR count). The van der Waals surface area contributed by atoms with Gasteiger partial charge in [0.05, 0.1) is 12.8 Å². The van der Waals surface area contributed by atoms with Crippen molar-refractivity contribution >= 4 is 0 Å². The first-order valence-corrected chi connectivity index (χ1v) is 6.55. The Balaban J connectivity index is 1.84. The van der Waals surface area contributed by atoms with Gasteiger partial charge in [0, 0.05) is 19.3 Å². The molecule has 0 saturated heterocycles. The van der Waals surface area contributed by atoms with Crippen LogP contribution in [0.2, 0.25) is 0 Å². The van der Waals surface area contributed by atoms with Gasteiger partial charge in [-0.25, -0.2) is 0 Å². The van der Waals surface area contributed by atoms with E-state index in [-0.39, 0.29) is 0 Å². The fraction of sp³-hybridized carbons (Fsp3) is 0.400. The van der Waals surface area contributed by atoms with Crippen LogP contribution in [-0.4, -0.2) is 23.4 Å². The van der Waals surface area contributed by atoms with E-state index < -0.39 is 0 Å². The molecule has 0 bridgehead atoms. The van der Waals surface area contributed by atoms with Crippen LogP contribution in [0.25, 0.3) is 0 Å². The minimum Gasteiger partial charge on any atom is -0.497 e. The van der Waals surface area contributed by atoms with Crippen LogP contribution in [0, 0.1) is 0 Å². The van der Waals surface area contributed by atoms with Gasteiger partial charge in [0.15, 0.2) is 0 Å². The van der Waals surface area contributed by atoms with Gasteiger partial charge >= 0.3 is 0 Å². The Hall–Kier alpha value is -1.81. The summed E-state index contributed by atoms with van der Waals surface area (Å²) in [6, 6.07) is 10.5. The van der Waals surface area contributed by atoms with Crippen LogP contribution in [0.4, 0.5) is 0 Å². The number of hydrogen-bond donors (Lipinski definition) is 1. The highest BCUT2D eigenvalue weighted by Crippen LogP contribution is 2.14. The molecule has 19 heavy (non-hydrogen) atoms. The molecule has 2 aromatic rings. The molecular formula is C15H21N3O. The van der Waals surface area contributed by atoms with Crippen molar-refractivity contribution in [2.75, 3.05) is 13.7 Å². The van der Waals surface area contributed by atoms with Gasteiger partial charge in [-0.05, 0) is 43.7 Å². The summed E-state index contributed by atoms with van der Waals surface area (Å²) in [5.41, 5.74) is 2.48. The maximum atomic E-state index is 5.22. The van der Waals surface area contributed by atoms with E-state index in [0.29, 0.717) is 6.04 Å². The van der Waals surface area contributed by atoms with Gasteiger partial charge in [-0.1, -0.05) is 12.1 Å². The van der Waals surface area contributed by atoms with E-state index in [1.807, 2.05) is 36.1 Å². The molecule has 0 aliphatic rings. The van der Waals surface area contributed by atoms with E-state index in [4.69, 9.17) is 4.74 Å². The zero-order valence-corrected chi connectivity index (χ0v) is 11.8. The Bertz CT molecular complexity index is 522. The standard InChI is InChI=1S/C15H21N3O/c1-12(15-8-10-17-18(15)2)16-9-7-13-5-4-6-14(11-13)19-3/h4-6,8,10-12,16H,7,9H2,1-3H3. The van der Waals surface area contributed by atoms with Crippen LogP contribution in [0.15, 0.2) is 36.5 Å². The second kappa shape index (κ2) is 6.38. The van der Waals surface area contributed by atoms with Gasteiger partial charge in [-0.2, -0.15) is 5.10 Å². The Labute approximate surface area is 114 Å². The van der Waals surface area contributed by atoms with Gasteiger partial charge in [-0.15, -0.1) is 0 Å². The number of hydrogen-bond acceptors (Lipinski definition) is 3. The third-order valence-electron chi connectivity index (χ3n) is 3.30. The van der Waals surface area contributed by atoms with Gasteiger partial charge < -0.3 is 10.1 Å². The maximum Gasteiger partial charge on any atom is 0.119 e. The minimum absolute atomic E-state index is 0.304. The van der Waals surface area contributed by atoms with Gasteiger partial charge in [0.2, 0.25) is 0 Å². The molecule has 1 unspecified atom stereocenters. The number of rotatable bonds is 6. The van der Waals surface area contributed by atoms with Crippen molar-refractivity contribution < 1.29 is 4.74 Å². The van der Waals surface area contributed by atoms with Crippen LogP contribution in [0.3, 0.4) is 0 Å². The normalized spacial score (nSPS) is 12.4. The lowest BCUT2D eigenvalue weighted by Gasteiger charge is -2.14. The van der Waals surface area contributed by atoms with E-state index in [1.54, 1.807) is 7.11 Å². The van der Waals surface area contributed by atoms with Gasteiger partial charge in [0.1, 0.15) is 5.75 Å². The summed E-state index contributed by atoms with van der Waals surface area (Å²) in [6.07, 6.45) is 2.81. The Kier molecular flexibility index (Phi) is 4.58. The predicted molar refractivity (Wildman–Crippen MR) is 76.3 cm³/mol. The average Bonchev–Trinajstić information content (AvgIpc) is 2.85. The first kappa shape index (κ1) is 13.6. The van der Waals surface area contributed by atoms with Crippen molar-refractivity contribution in [3.8, 4) is 5.75 Å². The molecule has 0 fully saturated rings. The largest absolute Gasteiger partial charge is 0.497 e. The molecule has 0 radical (unpaired) electrons. The summed E-state index contributed by atoms with van der Waals surface area (Å²) >= 11 is 0. The lowest BCUT2D eigenvalue weighted by molar-refractivity contribution is 0.414. The highest BCUT2D eigenvalue weighted by Gasteiger charge is 2.08. The van der Waals surface area contributed by atoms with Crippen LogP contribution < -0.4 is 10.1 Å². The summed E-state index contributed by atoms with van der Waals surface area (Å²) in [7, 11) is 3.66. The first-order chi connectivity index (χ1) is 9.20. The summed E-state index contributed by atoms with van der Waals surface area (Å²) in [4.78, 5) is 0. The zero-order valence-electron chi connectivity index (χ0n) is 11.8. The number of benzene rings is 1. The molecule has 0 aliphatic carbocycles. The predicted octanol–water partition coefficient (Wildman–Crippen LogP) is 2.32. The summed E-state index contributed by atoms with van der Waals surface area (Å²) in [6.45, 7) is 3.09. The summed E-state index contributed by atoms with van der Waals surface area (Å²) < 4.78 is 7.13. The molecule has 1 N–H and O–H groups in total. The lowest BCUT2D eigenvalue weighted by Crippen LogP contribution is -2.23. The van der Waals surface area contributed by atoms with Crippen molar-refractivity contribution in [2.45, 2.75) is 19.4 Å². The fourth-order valence-corrected chi connectivity index (χ4v) is 2.17. The summed E-state index contributed by atoms with van der Waals surface area (Å²) in [5.74, 6) is 0.914. The van der Waals surface area contributed by atoms with E-state index in [0.717, 1.165) is 18.7 Å². The van der Waals surface area contributed by atoms with Crippen LogP contribution >= 0.6 is 0 Å². The van der Waals surface area contributed by atoms with E-state index in [2.05, 4.69) is 29.5 Å². The van der Waals surface area contributed by atoms with Crippen molar-refractivity contribution in [3.63, 3.8) is 0 Å². The molecule has 1 heterocycles. The topological polar surface area (TPSA) is 39.1 Å². The number of methoxy groups -OCH3 is 1. The minimum atomic E-state index is 0.304. The van der Waals surface area contributed by atoms with E-state index >= 15 is 0 Å². The molecule has 0 amide bonds. The quantitative estimate of drug-likeness (QED) is 0.865. The van der Waals surface area contributed by atoms with E-state index in [1.165, 1.54) is 11.3 Å². The third kappa shape index (κ3) is 3.58. The maximum absolute atomic E-state index is 5.22. The number of ether oxygens (including phenoxy) is 1. The molecule has 1 aromatic carbocycles. The van der Waals surface area contributed by atoms with Gasteiger partial charge in [0.25, 0.3) is 0 Å². The van der Waals surface area contributed by atoms with Crippen molar-refractivity contribution in [3.05, 3.63) is 47.8 Å². The van der Waals surface area contributed by atoms with Crippen LogP contribution in [0.1, 0.15) is 24.2 Å². The monoisotopic (exact) mass is 259 g/mol. The molecule has 0 aliphatic heterocycles. The number of aryl methyl sites for hydroxylation is 1. The average molecular weight is 259 g/mol. The van der Waals surface area contributed by atoms with Crippen molar-refractivity contribution in [2.24, 2.45) is 7.05 Å². The first-order valence-electron chi connectivity index (χ1n) is 6.55. The molecule has 4 heteroatoms. The molecule has 1 aromatic heterocycles. The SMILES string of the molecule is COc1cccc(CCNC(C)c2ccnn2C)c1. The molecule has 0 saturated carbocycles. The molecule has 4 nitrogen and oxygen atoms in total. The zero-order chi connectivity index (χ0) is 13.7. The fourth-order valence-electron chi connectivity index (χ4n) is 2.17.